The molecule has 1 heterocycles. The highest BCUT2D eigenvalue weighted by atomic mass is 16.4. The molecule has 0 spiro atoms. The van der Waals surface area contributed by atoms with Crippen LogP contribution in [0.2, 0.25) is 0 Å². The molecule has 0 saturated carbocycles. The van der Waals surface area contributed by atoms with Gasteiger partial charge in [-0.1, -0.05) is 30.3 Å². The molecular weight excluding hydrogens is 190 g/mol. The summed E-state index contributed by atoms with van der Waals surface area (Å²) in [7, 11) is 0. The molecule has 0 fully saturated rings. The average molecular weight is 201 g/mol. The van der Waals surface area contributed by atoms with E-state index < -0.39 is 11.9 Å². The molecule has 2 N–H and O–H groups in total. The standard InChI is InChI=1S/C12H11NO2/c14-12(15)11(10-7-4-8-13-10)9-5-2-1-3-6-9/h1-8,11,13H,(H,14,15). The molecule has 2 aromatic rings. The summed E-state index contributed by atoms with van der Waals surface area (Å²) in [5, 5.41) is 9.18. The number of carboxylic acids is 1. The lowest BCUT2D eigenvalue weighted by molar-refractivity contribution is -0.137. The highest BCUT2D eigenvalue weighted by Gasteiger charge is 2.22. The fourth-order valence-corrected chi connectivity index (χ4v) is 1.62. The number of rotatable bonds is 3. The van der Waals surface area contributed by atoms with Crippen LogP contribution in [0.1, 0.15) is 17.2 Å². The topological polar surface area (TPSA) is 53.1 Å². The van der Waals surface area contributed by atoms with Crippen LogP contribution in [0.4, 0.5) is 0 Å². The first-order valence-electron chi connectivity index (χ1n) is 4.70. The maximum Gasteiger partial charge on any atom is 0.317 e. The van der Waals surface area contributed by atoms with Gasteiger partial charge >= 0.3 is 5.97 Å². The molecular formula is C12H11NO2. The Morgan fingerprint density at radius 2 is 1.87 bits per heavy atom. The van der Waals surface area contributed by atoms with E-state index in [1.165, 1.54) is 0 Å². The van der Waals surface area contributed by atoms with Crippen molar-refractivity contribution in [2.45, 2.75) is 5.92 Å². The Balaban J connectivity index is 2.42. The first-order valence-corrected chi connectivity index (χ1v) is 4.70. The zero-order valence-electron chi connectivity index (χ0n) is 8.05. The molecule has 1 aromatic carbocycles. The van der Waals surface area contributed by atoms with Gasteiger partial charge in [0.25, 0.3) is 0 Å². The second kappa shape index (κ2) is 4.00. The van der Waals surface area contributed by atoms with Crippen LogP contribution in [0.3, 0.4) is 0 Å². The van der Waals surface area contributed by atoms with Crippen molar-refractivity contribution < 1.29 is 9.90 Å². The molecule has 0 aliphatic carbocycles. The number of nitrogens with one attached hydrogen (secondary N) is 1. The van der Waals surface area contributed by atoms with Crippen LogP contribution in [0, 0.1) is 0 Å². The number of hydrogen-bond acceptors (Lipinski definition) is 1. The number of carbonyl (C=O) groups is 1. The minimum absolute atomic E-state index is 0.610. The van der Waals surface area contributed by atoms with Gasteiger partial charge in [-0.2, -0.15) is 0 Å². The van der Waals surface area contributed by atoms with E-state index in [-0.39, 0.29) is 0 Å². The van der Waals surface area contributed by atoms with Gasteiger partial charge in [-0.05, 0) is 17.7 Å². The van der Waals surface area contributed by atoms with Crippen molar-refractivity contribution in [3.63, 3.8) is 0 Å². The molecule has 1 atom stereocenters. The number of carboxylic acid groups (broad SMARTS) is 1. The smallest absolute Gasteiger partial charge is 0.317 e. The van der Waals surface area contributed by atoms with Gasteiger partial charge in [0.15, 0.2) is 0 Å². The molecule has 76 valence electrons. The lowest BCUT2D eigenvalue weighted by atomic mass is 9.96. The third-order valence-electron chi connectivity index (χ3n) is 2.31. The van der Waals surface area contributed by atoms with Crippen LogP contribution in [-0.4, -0.2) is 16.1 Å². The van der Waals surface area contributed by atoms with Gasteiger partial charge in [-0.15, -0.1) is 0 Å². The summed E-state index contributed by atoms with van der Waals surface area (Å²) in [6.45, 7) is 0. The van der Waals surface area contributed by atoms with Crippen molar-refractivity contribution in [1.82, 2.24) is 4.98 Å². The number of benzene rings is 1. The lowest BCUT2D eigenvalue weighted by Crippen LogP contribution is -2.13. The van der Waals surface area contributed by atoms with Crippen LogP contribution >= 0.6 is 0 Å². The Morgan fingerprint density at radius 3 is 2.40 bits per heavy atom. The van der Waals surface area contributed by atoms with Gasteiger partial charge in [0.2, 0.25) is 0 Å². The Labute approximate surface area is 87.4 Å². The number of aliphatic carboxylic acids is 1. The molecule has 1 aromatic heterocycles. The van der Waals surface area contributed by atoms with Crippen molar-refractivity contribution in [2.75, 3.05) is 0 Å². The number of aromatic amines is 1. The second-order valence-electron chi connectivity index (χ2n) is 3.31. The first-order chi connectivity index (χ1) is 7.29. The normalized spacial score (nSPS) is 12.3. The summed E-state index contributed by atoms with van der Waals surface area (Å²) in [5.41, 5.74) is 1.49. The summed E-state index contributed by atoms with van der Waals surface area (Å²) >= 11 is 0. The Hall–Kier alpha value is -2.03. The molecule has 0 bridgehead atoms. The third kappa shape index (κ3) is 1.91. The molecule has 0 aliphatic rings. The second-order valence-corrected chi connectivity index (χ2v) is 3.31. The van der Waals surface area contributed by atoms with E-state index in [1.807, 2.05) is 30.3 Å². The predicted molar refractivity (Wildman–Crippen MR) is 56.7 cm³/mol. The molecule has 15 heavy (non-hydrogen) atoms. The molecule has 0 saturated heterocycles. The maximum absolute atomic E-state index is 11.2. The SMILES string of the molecule is O=C(O)C(c1ccccc1)c1ccc[nH]1. The van der Waals surface area contributed by atoms with Crippen molar-refractivity contribution >= 4 is 5.97 Å². The fourth-order valence-electron chi connectivity index (χ4n) is 1.62. The molecule has 0 amide bonds. The van der Waals surface area contributed by atoms with Gasteiger partial charge in [0.1, 0.15) is 5.92 Å². The van der Waals surface area contributed by atoms with Crippen LogP contribution in [-0.2, 0) is 4.79 Å². The fraction of sp³-hybridized carbons (Fsp3) is 0.0833. The minimum Gasteiger partial charge on any atom is -0.480 e. The summed E-state index contributed by atoms with van der Waals surface area (Å²) in [6.07, 6.45) is 1.73. The van der Waals surface area contributed by atoms with Gasteiger partial charge in [0, 0.05) is 11.9 Å². The first kappa shape index (κ1) is 9.52. The third-order valence-corrected chi connectivity index (χ3v) is 2.31. The van der Waals surface area contributed by atoms with E-state index in [9.17, 15) is 9.90 Å². The molecule has 3 nitrogen and oxygen atoms in total. The van der Waals surface area contributed by atoms with Crippen molar-refractivity contribution in [3.05, 3.63) is 59.9 Å². The zero-order valence-corrected chi connectivity index (χ0v) is 8.05. The van der Waals surface area contributed by atoms with Gasteiger partial charge in [-0.25, -0.2) is 0 Å². The molecule has 1 unspecified atom stereocenters. The van der Waals surface area contributed by atoms with E-state index in [1.54, 1.807) is 18.3 Å². The Bertz CT molecular complexity index is 434. The largest absolute Gasteiger partial charge is 0.480 e. The van der Waals surface area contributed by atoms with Crippen molar-refractivity contribution in [2.24, 2.45) is 0 Å². The monoisotopic (exact) mass is 201 g/mol. The molecule has 3 heteroatoms. The molecule has 0 radical (unpaired) electrons. The van der Waals surface area contributed by atoms with Crippen LogP contribution in [0.5, 0.6) is 0 Å². The van der Waals surface area contributed by atoms with Crippen LogP contribution in [0.15, 0.2) is 48.7 Å². The lowest BCUT2D eigenvalue weighted by Gasteiger charge is -2.10. The highest BCUT2D eigenvalue weighted by Crippen LogP contribution is 2.22. The number of hydrogen-bond donors (Lipinski definition) is 2. The van der Waals surface area contributed by atoms with E-state index in [2.05, 4.69) is 4.98 Å². The number of aromatic nitrogens is 1. The Kier molecular flexibility index (Phi) is 2.54. The van der Waals surface area contributed by atoms with E-state index in [0.717, 1.165) is 5.56 Å². The van der Waals surface area contributed by atoms with Crippen LogP contribution in [0.25, 0.3) is 0 Å². The van der Waals surface area contributed by atoms with Crippen LogP contribution < -0.4 is 0 Å². The van der Waals surface area contributed by atoms with E-state index in [4.69, 9.17) is 0 Å². The zero-order chi connectivity index (χ0) is 10.7. The van der Waals surface area contributed by atoms with Crippen molar-refractivity contribution in [1.29, 1.82) is 0 Å². The van der Waals surface area contributed by atoms with E-state index in [0.29, 0.717) is 5.69 Å². The van der Waals surface area contributed by atoms with Gasteiger partial charge in [0.05, 0.1) is 0 Å². The van der Waals surface area contributed by atoms with E-state index >= 15 is 0 Å². The summed E-state index contributed by atoms with van der Waals surface area (Å²) in [6, 6.07) is 12.8. The van der Waals surface area contributed by atoms with Gasteiger partial charge in [-0.3, -0.25) is 4.79 Å². The minimum atomic E-state index is -0.844. The van der Waals surface area contributed by atoms with Gasteiger partial charge < -0.3 is 10.1 Å². The summed E-state index contributed by atoms with van der Waals surface area (Å²) in [4.78, 5) is 14.1. The molecule has 0 aliphatic heterocycles. The quantitative estimate of drug-likeness (QED) is 0.800. The summed E-state index contributed by atoms with van der Waals surface area (Å²) in [5.74, 6) is -1.45. The number of H-pyrrole nitrogens is 1. The summed E-state index contributed by atoms with van der Waals surface area (Å²) < 4.78 is 0. The predicted octanol–water partition coefficient (Wildman–Crippen LogP) is 2.23. The average Bonchev–Trinajstić information content (AvgIpc) is 2.72. The van der Waals surface area contributed by atoms with Crippen molar-refractivity contribution in [3.8, 4) is 0 Å². The maximum atomic E-state index is 11.2. The highest BCUT2D eigenvalue weighted by molar-refractivity contribution is 5.79. The molecule has 2 rings (SSSR count). The Morgan fingerprint density at radius 1 is 1.13 bits per heavy atom.